The molecule has 0 radical (unpaired) electrons. The lowest BCUT2D eigenvalue weighted by Gasteiger charge is -2.18. The molecule has 12 heteroatoms. The molecule has 0 amide bonds. The number of carbonyl (C=O) groups is 1. The fourth-order valence-corrected chi connectivity index (χ4v) is 4.97. The summed E-state index contributed by atoms with van der Waals surface area (Å²) >= 11 is 7.12. The SMILES string of the molecule is CCOC(=O)c1nn(-c2ccc(Cl)cc2)c(=N/N=C(\C)c2c(Oc3ccccc3)c(OC)c3occc3c2OC)s1. The van der Waals surface area contributed by atoms with E-state index in [0.717, 1.165) is 11.3 Å². The van der Waals surface area contributed by atoms with Crippen molar-refractivity contribution in [3.63, 3.8) is 0 Å². The van der Waals surface area contributed by atoms with E-state index in [-0.39, 0.29) is 11.6 Å². The van der Waals surface area contributed by atoms with Crippen molar-refractivity contribution in [3.8, 4) is 28.7 Å². The number of rotatable bonds is 9. The van der Waals surface area contributed by atoms with E-state index < -0.39 is 5.97 Å². The van der Waals surface area contributed by atoms with Crippen molar-refractivity contribution in [3.05, 3.63) is 87.3 Å². The van der Waals surface area contributed by atoms with Gasteiger partial charge in [0.2, 0.25) is 15.6 Å². The number of ether oxygens (including phenoxy) is 4. The van der Waals surface area contributed by atoms with Gasteiger partial charge in [-0.1, -0.05) is 41.1 Å². The van der Waals surface area contributed by atoms with Crippen LogP contribution in [0.25, 0.3) is 16.7 Å². The van der Waals surface area contributed by atoms with E-state index in [4.69, 9.17) is 35.0 Å². The zero-order valence-corrected chi connectivity index (χ0v) is 24.2. The number of aromatic nitrogens is 2. The summed E-state index contributed by atoms with van der Waals surface area (Å²) in [7, 11) is 3.09. The Labute approximate surface area is 244 Å². The Hall–Kier alpha value is -4.61. The molecule has 0 aliphatic heterocycles. The van der Waals surface area contributed by atoms with Crippen LogP contribution in [0.15, 0.2) is 81.5 Å². The summed E-state index contributed by atoms with van der Waals surface area (Å²) in [6.45, 7) is 3.71. The minimum Gasteiger partial charge on any atom is -0.495 e. The smallest absolute Gasteiger partial charge is 0.369 e. The molecule has 0 bridgehead atoms. The summed E-state index contributed by atoms with van der Waals surface area (Å²) in [5.41, 5.74) is 2.06. The lowest BCUT2D eigenvalue weighted by atomic mass is 10.0. The molecule has 0 saturated carbocycles. The molecule has 3 aromatic carbocycles. The Morgan fingerprint density at radius 3 is 2.44 bits per heavy atom. The average molecular weight is 593 g/mol. The molecule has 10 nitrogen and oxygen atoms in total. The molecule has 0 spiro atoms. The first-order valence-corrected chi connectivity index (χ1v) is 13.6. The molecule has 0 aliphatic carbocycles. The van der Waals surface area contributed by atoms with Gasteiger partial charge in [0, 0.05) is 5.02 Å². The van der Waals surface area contributed by atoms with Gasteiger partial charge < -0.3 is 23.4 Å². The van der Waals surface area contributed by atoms with Crippen molar-refractivity contribution in [2.45, 2.75) is 13.8 Å². The topological polar surface area (TPSA) is 110 Å². The van der Waals surface area contributed by atoms with Gasteiger partial charge in [0.05, 0.1) is 49.4 Å². The quantitative estimate of drug-likeness (QED) is 0.107. The highest BCUT2D eigenvalue weighted by Gasteiger charge is 2.27. The largest absolute Gasteiger partial charge is 0.495 e. The minimum absolute atomic E-state index is 0.126. The Kier molecular flexibility index (Phi) is 8.37. The predicted molar refractivity (Wildman–Crippen MR) is 156 cm³/mol. The highest BCUT2D eigenvalue weighted by Crippen LogP contribution is 2.48. The first kappa shape index (κ1) is 27.9. The maximum atomic E-state index is 12.5. The van der Waals surface area contributed by atoms with Crippen LogP contribution in [-0.4, -0.2) is 42.3 Å². The van der Waals surface area contributed by atoms with Gasteiger partial charge in [0.15, 0.2) is 11.3 Å². The van der Waals surface area contributed by atoms with Crippen LogP contribution in [0.4, 0.5) is 0 Å². The maximum absolute atomic E-state index is 12.5. The number of benzene rings is 3. The summed E-state index contributed by atoms with van der Waals surface area (Å²) in [5.74, 6) is 1.21. The van der Waals surface area contributed by atoms with Crippen LogP contribution in [0, 0.1) is 0 Å². The first-order chi connectivity index (χ1) is 19.9. The van der Waals surface area contributed by atoms with Crippen LogP contribution in [0.2, 0.25) is 5.02 Å². The maximum Gasteiger partial charge on any atom is 0.369 e. The summed E-state index contributed by atoms with van der Waals surface area (Å²) < 4.78 is 30.3. The molecule has 0 N–H and O–H groups in total. The monoisotopic (exact) mass is 592 g/mol. The minimum atomic E-state index is -0.558. The van der Waals surface area contributed by atoms with E-state index in [1.807, 2.05) is 30.3 Å². The molecule has 2 heterocycles. The molecular formula is C29H25ClN4O6S. The second kappa shape index (κ2) is 12.3. The van der Waals surface area contributed by atoms with Gasteiger partial charge >= 0.3 is 5.97 Å². The lowest BCUT2D eigenvalue weighted by molar-refractivity contribution is 0.0524. The summed E-state index contributed by atoms with van der Waals surface area (Å²) in [6.07, 6.45) is 1.55. The Morgan fingerprint density at radius 2 is 1.76 bits per heavy atom. The molecule has 0 aliphatic rings. The number of esters is 1. The highest BCUT2D eigenvalue weighted by molar-refractivity contribution is 7.10. The normalized spacial score (nSPS) is 12.0. The molecule has 2 aromatic heterocycles. The summed E-state index contributed by atoms with van der Waals surface area (Å²) in [4.78, 5) is 12.8. The van der Waals surface area contributed by atoms with Gasteiger partial charge in [-0.05, 0) is 56.3 Å². The number of nitrogens with zero attached hydrogens (tertiary/aromatic N) is 4. The fraction of sp³-hybridized carbons (Fsp3) is 0.172. The van der Waals surface area contributed by atoms with E-state index in [1.54, 1.807) is 57.6 Å². The number of hydrogen-bond donors (Lipinski definition) is 0. The van der Waals surface area contributed by atoms with Gasteiger partial charge in [0.1, 0.15) is 11.5 Å². The Morgan fingerprint density at radius 1 is 1.02 bits per heavy atom. The van der Waals surface area contributed by atoms with Crippen LogP contribution in [0.3, 0.4) is 0 Å². The number of furan rings is 1. The predicted octanol–water partition coefficient (Wildman–Crippen LogP) is 6.64. The molecule has 210 valence electrons. The van der Waals surface area contributed by atoms with Crippen LogP contribution in [0.1, 0.15) is 29.2 Å². The third-order valence-corrected chi connectivity index (χ3v) is 7.01. The van der Waals surface area contributed by atoms with Gasteiger partial charge in [-0.2, -0.15) is 5.10 Å². The van der Waals surface area contributed by atoms with Crippen molar-refractivity contribution in [1.29, 1.82) is 0 Å². The summed E-state index contributed by atoms with van der Waals surface area (Å²) in [5, 5.41) is 14.8. The Bertz CT molecular complexity index is 1790. The van der Waals surface area contributed by atoms with Gasteiger partial charge in [-0.3, -0.25) is 0 Å². The van der Waals surface area contributed by atoms with E-state index in [0.29, 0.717) is 60.8 Å². The van der Waals surface area contributed by atoms with Crippen molar-refractivity contribution >= 4 is 45.6 Å². The zero-order valence-electron chi connectivity index (χ0n) is 22.6. The third-order valence-electron chi connectivity index (χ3n) is 5.88. The third kappa shape index (κ3) is 5.67. The van der Waals surface area contributed by atoms with Crippen LogP contribution in [-0.2, 0) is 4.74 Å². The first-order valence-electron chi connectivity index (χ1n) is 12.4. The Balaban J connectivity index is 1.71. The summed E-state index contributed by atoms with van der Waals surface area (Å²) in [6, 6.07) is 18.0. The standard InChI is InChI=1S/C29H25ClN4O6S/c1-5-38-28(35)27-33-34(19-13-11-18(30)12-14-19)29(41-27)32-31-17(2)22-23(36-3)21-15-16-39-24(21)26(37-4)25(22)40-20-9-7-6-8-10-20/h6-16H,5H2,1-4H3/b31-17+,32-29?. The fourth-order valence-electron chi connectivity index (χ4n) is 4.09. The van der Waals surface area contributed by atoms with Crippen molar-refractivity contribution < 1.29 is 28.2 Å². The molecule has 0 unspecified atom stereocenters. The number of fused-ring (bicyclic) bond motifs is 1. The molecule has 5 rings (SSSR count). The van der Waals surface area contributed by atoms with Gasteiger partial charge in [-0.25, -0.2) is 9.48 Å². The van der Waals surface area contributed by atoms with E-state index in [1.165, 1.54) is 11.8 Å². The second-order valence-electron chi connectivity index (χ2n) is 8.43. The number of halogens is 1. The highest BCUT2D eigenvalue weighted by atomic mass is 35.5. The zero-order chi connectivity index (χ0) is 28.9. The number of methoxy groups -OCH3 is 2. The molecule has 41 heavy (non-hydrogen) atoms. The van der Waals surface area contributed by atoms with Gasteiger partial charge in [-0.15, -0.1) is 10.2 Å². The number of hydrogen-bond acceptors (Lipinski definition) is 10. The molecule has 0 saturated heterocycles. The van der Waals surface area contributed by atoms with Crippen molar-refractivity contribution in [1.82, 2.24) is 9.78 Å². The van der Waals surface area contributed by atoms with Crippen molar-refractivity contribution in [2.24, 2.45) is 10.2 Å². The molecular weight excluding hydrogens is 568 g/mol. The van der Waals surface area contributed by atoms with Crippen molar-refractivity contribution in [2.75, 3.05) is 20.8 Å². The number of carbonyl (C=O) groups excluding carboxylic acids is 1. The van der Waals surface area contributed by atoms with Crippen LogP contribution in [0.5, 0.6) is 23.0 Å². The van der Waals surface area contributed by atoms with Gasteiger partial charge in [0.25, 0.3) is 0 Å². The van der Waals surface area contributed by atoms with E-state index >= 15 is 0 Å². The van der Waals surface area contributed by atoms with E-state index in [9.17, 15) is 4.79 Å². The number of para-hydroxylation sites is 1. The van der Waals surface area contributed by atoms with E-state index in [2.05, 4.69) is 15.3 Å². The van der Waals surface area contributed by atoms with Crippen LogP contribution < -0.4 is 19.0 Å². The second-order valence-corrected chi connectivity index (χ2v) is 9.83. The molecule has 5 aromatic rings. The molecule has 0 atom stereocenters. The van der Waals surface area contributed by atoms with Crippen LogP contribution >= 0.6 is 22.9 Å². The average Bonchev–Trinajstić information content (AvgIpc) is 3.64. The lowest BCUT2D eigenvalue weighted by Crippen LogP contribution is -2.14. The molecule has 0 fully saturated rings.